The molecule has 0 fully saturated rings. The summed E-state index contributed by atoms with van der Waals surface area (Å²) in [7, 11) is 0. The van der Waals surface area contributed by atoms with E-state index >= 15 is 0 Å². The van der Waals surface area contributed by atoms with Crippen molar-refractivity contribution >= 4 is 29.0 Å². The van der Waals surface area contributed by atoms with Crippen LogP contribution < -0.4 is 5.32 Å². The first-order valence-corrected chi connectivity index (χ1v) is 13.2. The van der Waals surface area contributed by atoms with Crippen molar-refractivity contribution in [1.29, 1.82) is 0 Å². The van der Waals surface area contributed by atoms with Crippen LogP contribution in [0.4, 0.5) is 5.69 Å². The largest absolute Gasteiger partial charge is 0.322 e. The number of pyridine rings is 1. The standard InChI is InChI=1S/C28H26N6OS/c35-28(23-11-3-4-12-24(23)36-19-22-18-33-15-7-5-13-25(33)29-22)30-21-10-8-9-20(17-21)27-32-31-26-14-2-1-6-16-34(26)27/h3-5,7-13,15,17-18H,1-2,6,14,16,19H2,(H,30,35). The first kappa shape index (κ1) is 22.5. The van der Waals surface area contributed by atoms with Crippen molar-refractivity contribution < 1.29 is 4.79 Å². The third-order valence-electron chi connectivity index (χ3n) is 6.41. The molecule has 2 aromatic carbocycles. The second-order valence-corrected chi connectivity index (χ2v) is 9.94. The molecule has 4 heterocycles. The fraction of sp³-hybridized carbons (Fsp3) is 0.214. The number of carbonyl (C=O) groups is 1. The number of benzene rings is 2. The molecule has 0 radical (unpaired) electrons. The summed E-state index contributed by atoms with van der Waals surface area (Å²) in [5.74, 6) is 2.46. The Hall–Kier alpha value is -3.91. The summed E-state index contributed by atoms with van der Waals surface area (Å²) < 4.78 is 4.23. The van der Waals surface area contributed by atoms with Gasteiger partial charge in [0.15, 0.2) is 5.82 Å². The van der Waals surface area contributed by atoms with Gasteiger partial charge in [-0.05, 0) is 49.2 Å². The van der Waals surface area contributed by atoms with E-state index in [4.69, 9.17) is 0 Å². The SMILES string of the molecule is O=C(Nc1cccc(-c2nnc3n2CCCCC3)c1)c1ccccc1SCc1cn2ccccc2n1. The summed E-state index contributed by atoms with van der Waals surface area (Å²) in [5, 5.41) is 12.0. The van der Waals surface area contributed by atoms with Gasteiger partial charge in [-0.1, -0.05) is 36.8 Å². The molecule has 0 spiro atoms. The zero-order valence-electron chi connectivity index (χ0n) is 19.8. The Balaban J connectivity index is 1.19. The van der Waals surface area contributed by atoms with E-state index in [2.05, 4.69) is 25.1 Å². The number of nitrogens with zero attached hydrogens (tertiary/aromatic N) is 5. The van der Waals surface area contributed by atoms with Gasteiger partial charge < -0.3 is 14.3 Å². The van der Waals surface area contributed by atoms with E-state index in [0.717, 1.165) is 64.9 Å². The molecule has 1 N–H and O–H groups in total. The van der Waals surface area contributed by atoms with Gasteiger partial charge in [-0.2, -0.15) is 0 Å². The zero-order chi connectivity index (χ0) is 24.3. The number of imidazole rings is 1. The molecule has 1 aliphatic heterocycles. The highest BCUT2D eigenvalue weighted by Gasteiger charge is 2.17. The lowest BCUT2D eigenvalue weighted by Gasteiger charge is -2.11. The molecule has 0 aliphatic carbocycles. The van der Waals surface area contributed by atoms with Crippen LogP contribution in [0, 0.1) is 0 Å². The Morgan fingerprint density at radius 1 is 0.972 bits per heavy atom. The summed E-state index contributed by atoms with van der Waals surface area (Å²) in [4.78, 5) is 18.9. The van der Waals surface area contributed by atoms with Gasteiger partial charge >= 0.3 is 0 Å². The van der Waals surface area contributed by atoms with Gasteiger partial charge in [-0.3, -0.25) is 4.79 Å². The first-order chi connectivity index (χ1) is 17.7. The van der Waals surface area contributed by atoms with Crippen LogP contribution in [-0.4, -0.2) is 30.1 Å². The normalized spacial score (nSPS) is 13.3. The van der Waals surface area contributed by atoms with Crippen LogP contribution in [-0.2, 0) is 18.7 Å². The monoisotopic (exact) mass is 494 g/mol. The predicted molar refractivity (Wildman–Crippen MR) is 142 cm³/mol. The molecule has 0 unspecified atom stereocenters. The van der Waals surface area contributed by atoms with E-state index in [9.17, 15) is 4.79 Å². The lowest BCUT2D eigenvalue weighted by molar-refractivity contribution is 0.102. The average Bonchev–Trinajstić information content (AvgIpc) is 3.44. The molecule has 0 saturated heterocycles. The number of amides is 1. The second-order valence-electron chi connectivity index (χ2n) is 8.92. The lowest BCUT2D eigenvalue weighted by Crippen LogP contribution is -2.13. The quantitative estimate of drug-likeness (QED) is 0.299. The minimum atomic E-state index is -0.134. The fourth-order valence-corrected chi connectivity index (χ4v) is 5.56. The van der Waals surface area contributed by atoms with Crippen LogP contribution in [0.15, 0.2) is 84.0 Å². The highest BCUT2D eigenvalue weighted by atomic mass is 32.2. The summed E-state index contributed by atoms with van der Waals surface area (Å²) in [6.07, 6.45) is 8.49. The number of carbonyl (C=O) groups excluding carboxylic acids is 1. The highest BCUT2D eigenvalue weighted by molar-refractivity contribution is 7.98. The molecule has 0 atom stereocenters. The van der Waals surface area contributed by atoms with Gasteiger partial charge in [-0.15, -0.1) is 22.0 Å². The molecule has 1 amide bonds. The molecule has 0 bridgehead atoms. The molecule has 5 aromatic rings. The Morgan fingerprint density at radius 3 is 2.83 bits per heavy atom. The summed E-state index contributed by atoms with van der Waals surface area (Å²) in [5.41, 5.74) is 4.24. The molecule has 3 aromatic heterocycles. The number of thioether (sulfide) groups is 1. The Bertz CT molecular complexity index is 1510. The molecule has 6 rings (SSSR count). The Labute approximate surface area is 213 Å². The summed E-state index contributed by atoms with van der Waals surface area (Å²) in [6, 6.07) is 21.5. The van der Waals surface area contributed by atoms with Crippen molar-refractivity contribution in [2.24, 2.45) is 0 Å². The van der Waals surface area contributed by atoms with Crippen molar-refractivity contribution in [2.45, 2.75) is 42.9 Å². The van der Waals surface area contributed by atoms with E-state index in [1.54, 1.807) is 11.8 Å². The lowest BCUT2D eigenvalue weighted by atomic mass is 10.1. The molecule has 8 heteroatoms. The smallest absolute Gasteiger partial charge is 0.256 e. The van der Waals surface area contributed by atoms with E-state index in [0.29, 0.717) is 11.3 Å². The predicted octanol–water partition coefficient (Wildman–Crippen LogP) is 5.86. The van der Waals surface area contributed by atoms with Crippen molar-refractivity contribution in [3.8, 4) is 11.4 Å². The molecular formula is C28H26N6OS. The van der Waals surface area contributed by atoms with Crippen molar-refractivity contribution in [3.05, 3.63) is 96.2 Å². The van der Waals surface area contributed by atoms with Crippen LogP contribution >= 0.6 is 11.8 Å². The van der Waals surface area contributed by atoms with E-state index in [-0.39, 0.29) is 5.91 Å². The van der Waals surface area contributed by atoms with Gasteiger partial charge in [0.2, 0.25) is 0 Å². The van der Waals surface area contributed by atoms with E-state index in [1.165, 1.54) is 6.42 Å². The number of rotatable bonds is 6. The number of aromatic nitrogens is 5. The van der Waals surface area contributed by atoms with Crippen molar-refractivity contribution in [3.63, 3.8) is 0 Å². The van der Waals surface area contributed by atoms with Gasteiger partial charge in [0.1, 0.15) is 11.5 Å². The number of anilines is 1. The maximum atomic E-state index is 13.3. The number of aryl methyl sites for hydroxylation is 1. The maximum absolute atomic E-state index is 13.3. The van der Waals surface area contributed by atoms with Crippen molar-refractivity contribution in [2.75, 3.05) is 5.32 Å². The Kier molecular flexibility index (Phi) is 6.26. The topological polar surface area (TPSA) is 77.1 Å². The number of fused-ring (bicyclic) bond motifs is 2. The van der Waals surface area contributed by atoms with Crippen LogP contribution in [0.1, 0.15) is 41.1 Å². The number of hydrogen-bond donors (Lipinski definition) is 1. The molecule has 1 aliphatic rings. The van der Waals surface area contributed by atoms with E-state index < -0.39 is 0 Å². The molecule has 36 heavy (non-hydrogen) atoms. The van der Waals surface area contributed by atoms with Crippen LogP contribution in [0.25, 0.3) is 17.0 Å². The summed E-state index contributed by atoms with van der Waals surface area (Å²) in [6.45, 7) is 0.936. The molecule has 0 saturated carbocycles. The van der Waals surface area contributed by atoms with Crippen LogP contribution in [0.2, 0.25) is 0 Å². The average molecular weight is 495 g/mol. The zero-order valence-corrected chi connectivity index (χ0v) is 20.6. The third kappa shape index (κ3) is 4.64. The molecule has 7 nitrogen and oxygen atoms in total. The minimum absolute atomic E-state index is 0.134. The number of hydrogen-bond acceptors (Lipinski definition) is 5. The van der Waals surface area contributed by atoms with Crippen LogP contribution in [0.5, 0.6) is 0 Å². The maximum Gasteiger partial charge on any atom is 0.256 e. The molecule has 180 valence electrons. The molecular weight excluding hydrogens is 468 g/mol. The van der Waals surface area contributed by atoms with Crippen LogP contribution in [0.3, 0.4) is 0 Å². The third-order valence-corrected chi connectivity index (χ3v) is 7.52. The minimum Gasteiger partial charge on any atom is -0.322 e. The van der Waals surface area contributed by atoms with Gasteiger partial charge in [0, 0.05) is 47.3 Å². The second kappa shape index (κ2) is 9.99. The summed E-state index contributed by atoms with van der Waals surface area (Å²) >= 11 is 1.61. The Morgan fingerprint density at radius 2 is 1.89 bits per heavy atom. The first-order valence-electron chi connectivity index (χ1n) is 12.2. The number of nitrogens with one attached hydrogen (secondary N) is 1. The van der Waals surface area contributed by atoms with Gasteiger partial charge in [0.25, 0.3) is 5.91 Å². The fourth-order valence-electron chi connectivity index (χ4n) is 4.62. The van der Waals surface area contributed by atoms with Gasteiger partial charge in [0.05, 0.1) is 11.3 Å². The van der Waals surface area contributed by atoms with Gasteiger partial charge in [-0.25, -0.2) is 4.98 Å². The van der Waals surface area contributed by atoms with Crippen molar-refractivity contribution in [1.82, 2.24) is 24.1 Å². The van der Waals surface area contributed by atoms with E-state index in [1.807, 2.05) is 83.5 Å². The highest BCUT2D eigenvalue weighted by Crippen LogP contribution is 2.28.